The highest BCUT2D eigenvalue weighted by Gasteiger charge is 2.39. The lowest BCUT2D eigenvalue weighted by Crippen LogP contribution is -2.54. The van der Waals surface area contributed by atoms with Gasteiger partial charge in [-0.2, -0.15) is 0 Å². The average molecular weight is 290 g/mol. The number of nitrogens with one attached hydrogen (secondary N) is 2. The molecule has 1 fully saturated rings. The van der Waals surface area contributed by atoms with Crippen LogP contribution in [-0.2, 0) is 9.59 Å². The first-order valence-corrected chi connectivity index (χ1v) is 7.40. The van der Waals surface area contributed by atoms with E-state index in [0.29, 0.717) is 12.0 Å². The Hall–Kier alpha value is -1.88. The zero-order chi connectivity index (χ0) is 15.3. The predicted octanol–water partition coefficient (Wildman–Crippen LogP) is 1.50. The maximum absolute atomic E-state index is 12.4. The van der Waals surface area contributed by atoms with E-state index in [9.17, 15) is 14.7 Å². The minimum atomic E-state index is -0.925. The molecule has 1 saturated heterocycles. The van der Waals surface area contributed by atoms with Gasteiger partial charge in [0, 0.05) is 6.54 Å². The summed E-state index contributed by atoms with van der Waals surface area (Å²) in [6.07, 6.45) is 2.49. The molecule has 1 amide bonds. The summed E-state index contributed by atoms with van der Waals surface area (Å²) >= 11 is 0. The molecule has 2 unspecified atom stereocenters. The Morgan fingerprint density at radius 2 is 2.10 bits per heavy atom. The molecule has 2 atom stereocenters. The molecule has 21 heavy (non-hydrogen) atoms. The molecule has 1 aromatic carbocycles. The molecular weight excluding hydrogens is 268 g/mol. The molecular formula is C16H22N2O3. The van der Waals surface area contributed by atoms with E-state index in [2.05, 4.69) is 10.6 Å². The van der Waals surface area contributed by atoms with Crippen LogP contribution in [0, 0.1) is 0 Å². The summed E-state index contributed by atoms with van der Waals surface area (Å²) in [6, 6.07) is 9.00. The van der Waals surface area contributed by atoms with E-state index in [0.717, 1.165) is 19.4 Å². The number of hydrogen-bond acceptors (Lipinski definition) is 3. The van der Waals surface area contributed by atoms with E-state index >= 15 is 0 Å². The molecule has 0 saturated carbocycles. The molecule has 1 aliphatic rings. The third-order valence-electron chi connectivity index (χ3n) is 4.25. The van der Waals surface area contributed by atoms with Gasteiger partial charge < -0.3 is 15.7 Å². The summed E-state index contributed by atoms with van der Waals surface area (Å²) in [5.41, 5.74) is 0.176. The van der Waals surface area contributed by atoms with Gasteiger partial charge in [-0.25, -0.2) is 0 Å². The Morgan fingerprint density at radius 3 is 2.62 bits per heavy atom. The van der Waals surface area contributed by atoms with E-state index in [4.69, 9.17) is 0 Å². The van der Waals surface area contributed by atoms with Crippen molar-refractivity contribution < 1.29 is 14.7 Å². The molecule has 0 spiro atoms. The minimum Gasteiger partial charge on any atom is -0.481 e. The van der Waals surface area contributed by atoms with Gasteiger partial charge in [0.1, 0.15) is 0 Å². The number of amides is 1. The van der Waals surface area contributed by atoms with Crippen molar-refractivity contribution in [3.8, 4) is 0 Å². The molecule has 1 aliphatic heterocycles. The second-order valence-electron chi connectivity index (χ2n) is 5.48. The van der Waals surface area contributed by atoms with Gasteiger partial charge in [-0.15, -0.1) is 0 Å². The van der Waals surface area contributed by atoms with E-state index < -0.39 is 17.4 Å². The van der Waals surface area contributed by atoms with Crippen LogP contribution >= 0.6 is 0 Å². The molecule has 2 rings (SSSR count). The van der Waals surface area contributed by atoms with Crippen LogP contribution in [0.4, 0.5) is 0 Å². The number of aliphatic carboxylic acids is 1. The zero-order valence-corrected chi connectivity index (χ0v) is 12.3. The summed E-state index contributed by atoms with van der Waals surface area (Å²) in [4.78, 5) is 23.8. The summed E-state index contributed by atoms with van der Waals surface area (Å²) < 4.78 is 0. The first-order valence-electron chi connectivity index (χ1n) is 7.40. The van der Waals surface area contributed by atoms with E-state index in [1.807, 2.05) is 13.0 Å². The van der Waals surface area contributed by atoms with E-state index in [1.54, 1.807) is 24.3 Å². The minimum absolute atomic E-state index is 0.0929. The van der Waals surface area contributed by atoms with Crippen molar-refractivity contribution in [2.24, 2.45) is 0 Å². The standard InChI is InChI=1S/C16H22N2O3/c1-2-16(9-6-10-18-16)15(21)17-11-13(14(19)20)12-7-4-3-5-8-12/h3-5,7-8,13,18H,2,6,9-11H2,1H3,(H,17,21)(H,19,20). The highest BCUT2D eigenvalue weighted by Crippen LogP contribution is 2.23. The fourth-order valence-corrected chi connectivity index (χ4v) is 2.86. The quantitative estimate of drug-likeness (QED) is 0.742. The largest absolute Gasteiger partial charge is 0.481 e. The highest BCUT2D eigenvalue weighted by atomic mass is 16.4. The van der Waals surface area contributed by atoms with Crippen LogP contribution in [-0.4, -0.2) is 35.6 Å². The molecule has 5 heteroatoms. The molecule has 1 aromatic rings. The maximum Gasteiger partial charge on any atom is 0.312 e. The molecule has 0 aromatic heterocycles. The van der Waals surface area contributed by atoms with Crippen LogP contribution in [0.5, 0.6) is 0 Å². The van der Waals surface area contributed by atoms with Gasteiger partial charge in [0.05, 0.1) is 11.5 Å². The van der Waals surface area contributed by atoms with Gasteiger partial charge in [0.2, 0.25) is 5.91 Å². The van der Waals surface area contributed by atoms with E-state index in [1.165, 1.54) is 0 Å². The summed E-state index contributed by atoms with van der Waals surface area (Å²) in [5.74, 6) is -1.73. The van der Waals surface area contributed by atoms with Gasteiger partial charge in [-0.3, -0.25) is 9.59 Å². The van der Waals surface area contributed by atoms with Crippen LogP contribution in [0.2, 0.25) is 0 Å². The Bertz CT molecular complexity index is 496. The van der Waals surface area contributed by atoms with Crippen LogP contribution < -0.4 is 10.6 Å². The third-order valence-corrected chi connectivity index (χ3v) is 4.25. The van der Waals surface area contributed by atoms with Crippen molar-refractivity contribution in [1.82, 2.24) is 10.6 Å². The van der Waals surface area contributed by atoms with Gasteiger partial charge in [0.25, 0.3) is 0 Å². The second kappa shape index (κ2) is 6.72. The molecule has 3 N–H and O–H groups in total. The average Bonchev–Trinajstić information content (AvgIpc) is 2.98. The normalized spacial score (nSPS) is 22.7. The smallest absolute Gasteiger partial charge is 0.312 e. The lowest BCUT2D eigenvalue weighted by Gasteiger charge is -2.27. The Kier molecular flexibility index (Phi) is 4.96. The van der Waals surface area contributed by atoms with Crippen molar-refractivity contribution in [3.05, 3.63) is 35.9 Å². The Labute approximate surface area is 124 Å². The van der Waals surface area contributed by atoms with Crippen molar-refractivity contribution in [2.75, 3.05) is 13.1 Å². The topological polar surface area (TPSA) is 78.4 Å². The van der Waals surface area contributed by atoms with Crippen LogP contribution in [0.15, 0.2) is 30.3 Å². The first-order chi connectivity index (χ1) is 10.1. The predicted molar refractivity (Wildman–Crippen MR) is 80.1 cm³/mol. The fourth-order valence-electron chi connectivity index (χ4n) is 2.86. The molecule has 1 heterocycles. The molecule has 0 bridgehead atoms. The number of hydrogen-bond donors (Lipinski definition) is 3. The number of benzene rings is 1. The molecule has 114 valence electrons. The number of carboxylic acids is 1. The highest BCUT2D eigenvalue weighted by molar-refractivity contribution is 5.87. The second-order valence-corrected chi connectivity index (χ2v) is 5.48. The van der Waals surface area contributed by atoms with Crippen LogP contribution in [0.3, 0.4) is 0 Å². The number of carbonyl (C=O) groups is 2. The summed E-state index contributed by atoms with van der Waals surface area (Å²) in [5, 5.41) is 15.4. The summed E-state index contributed by atoms with van der Waals surface area (Å²) in [6.45, 7) is 2.92. The number of carbonyl (C=O) groups excluding carboxylic acids is 1. The SMILES string of the molecule is CCC1(C(=O)NCC(C(=O)O)c2ccccc2)CCCN1. The van der Waals surface area contributed by atoms with E-state index in [-0.39, 0.29) is 12.5 Å². The van der Waals surface area contributed by atoms with Crippen molar-refractivity contribution in [3.63, 3.8) is 0 Å². The van der Waals surface area contributed by atoms with Crippen molar-refractivity contribution in [2.45, 2.75) is 37.6 Å². The van der Waals surface area contributed by atoms with Gasteiger partial charge in [-0.1, -0.05) is 37.3 Å². The monoisotopic (exact) mass is 290 g/mol. The maximum atomic E-state index is 12.4. The first kappa shape index (κ1) is 15.5. The Morgan fingerprint density at radius 1 is 1.38 bits per heavy atom. The van der Waals surface area contributed by atoms with Gasteiger partial charge in [0.15, 0.2) is 0 Å². The zero-order valence-electron chi connectivity index (χ0n) is 12.3. The number of rotatable bonds is 6. The van der Waals surface area contributed by atoms with Crippen molar-refractivity contribution >= 4 is 11.9 Å². The van der Waals surface area contributed by atoms with Crippen LogP contribution in [0.1, 0.15) is 37.7 Å². The number of carboxylic acid groups (broad SMARTS) is 1. The summed E-state index contributed by atoms with van der Waals surface area (Å²) in [7, 11) is 0. The van der Waals surface area contributed by atoms with Crippen molar-refractivity contribution in [1.29, 1.82) is 0 Å². The molecule has 5 nitrogen and oxygen atoms in total. The third kappa shape index (κ3) is 3.42. The molecule has 0 aliphatic carbocycles. The lowest BCUT2D eigenvalue weighted by atomic mass is 9.92. The molecule has 0 radical (unpaired) electrons. The fraction of sp³-hybridized carbons (Fsp3) is 0.500. The van der Waals surface area contributed by atoms with Gasteiger partial charge >= 0.3 is 5.97 Å². The Balaban J connectivity index is 2.02. The lowest BCUT2D eigenvalue weighted by molar-refractivity contribution is -0.138. The van der Waals surface area contributed by atoms with Gasteiger partial charge in [-0.05, 0) is 31.4 Å². The van der Waals surface area contributed by atoms with Crippen LogP contribution in [0.25, 0.3) is 0 Å².